The van der Waals surface area contributed by atoms with Gasteiger partial charge in [-0.1, -0.05) is 11.3 Å². The summed E-state index contributed by atoms with van der Waals surface area (Å²) in [5, 5.41) is 0.759. The van der Waals surface area contributed by atoms with Crippen LogP contribution in [-0.4, -0.2) is 74.7 Å². The van der Waals surface area contributed by atoms with Gasteiger partial charge in [0.05, 0.1) is 37.1 Å². The molecule has 0 atom stereocenters. The summed E-state index contributed by atoms with van der Waals surface area (Å²) < 4.78 is 17.4. The number of carbonyl (C=O) groups excluding carboxylic acids is 1. The van der Waals surface area contributed by atoms with Gasteiger partial charge in [0.1, 0.15) is 11.5 Å². The second-order valence-corrected chi connectivity index (χ2v) is 10.4. The highest BCUT2D eigenvalue weighted by atomic mass is 32.2. The Labute approximate surface area is 215 Å². The first kappa shape index (κ1) is 25.8. The Morgan fingerprint density at radius 1 is 1.17 bits per heavy atom. The summed E-state index contributed by atoms with van der Waals surface area (Å²) >= 11 is 3.23. The molecule has 1 amide bonds. The molecule has 35 heavy (non-hydrogen) atoms. The van der Waals surface area contributed by atoms with E-state index in [0.717, 1.165) is 71.0 Å². The number of nitrogens with zero attached hydrogens (tertiary/aromatic N) is 3. The van der Waals surface area contributed by atoms with E-state index in [2.05, 4.69) is 4.90 Å². The molecule has 2 heterocycles. The van der Waals surface area contributed by atoms with Crippen molar-refractivity contribution in [3.8, 4) is 11.5 Å². The monoisotopic (exact) mass is 515 g/mol. The number of thioether (sulfide) groups is 1. The zero-order valence-corrected chi connectivity index (χ0v) is 22.0. The summed E-state index contributed by atoms with van der Waals surface area (Å²) in [7, 11) is 1.66. The van der Waals surface area contributed by atoms with Crippen LogP contribution in [-0.2, 0) is 9.53 Å². The molecule has 0 bridgehead atoms. The van der Waals surface area contributed by atoms with E-state index >= 15 is 0 Å². The molecule has 0 unspecified atom stereocenters. The number of thiazole rings is 1. The Kier molecular flexibility index (Phi) is 9.65. The first-order valence-electron chi connectivity index (χ1n) is 12.1. The lowest BCUT2D eigenvalue weighted by Gasteiger charge is -2.27. The molecule has 0 aliphatic carbocycles. The third kappa shape index (κ3) is 7.33. The number of fused-ring (bicyclic) bond motifs is 1. The SMILES string of the molecule is CCOc1ccc2nc(N(CCCN3CCOCC3)C(=O)CCSc3ccc(OC)cc3)sc2c1. The first-order valence-corrected chi connectivity index (χ1v) is 13.9. The second kappa shape index (κ2) is 13.1. The highest BCUT2D eigenvalue weighted by Crippen LogP contribution is 2.32. The lowest BCUT2D eigenvalue weighted by Crippen LogP contribution is -2.39. The molecule has 4 rings (SSSR count). The maximum absolute atomic E-state index is 13.4. The van der Waals surface area contributed by atoms with Crippen LogP contribution in [0.2, 0.25) is 0 Å². The Balaban J connectivity index is 1.42. The van der Waals surface area contributed by atoms with Gasteiger partial charge in [-0.25, -0.2) is 4.98 Å². The van der Waals surface area contributed by atoms with Crippen LogP contribution in [0.4, 0.5) is 5.13 Å². The molecule has 0 saturated carbocycles. The predicted octanol–water partition coefficient (Wildman–Crippen LogP) is 4.94. The lowest BCUT2D eigenvalue weighted by molar-refractivity contribution is -0.118. The number of rotatable bonds is 12. The number of morpholine rings is 1. The summed E-state index contributed by atoms with van der Waals surface area (Å²) in [6.07, 6.45) is 1.35. The molecule has 1 aliphatic rings. The maximum Gasteiger partial charge on any atom is 0.229 e. The van der Waals surface area contributed by atoms with E-state index in [0.29, 0.717) is 25.3 Å². The van der Waals surface area contributed by atoms with Crippen molar-refractivity contribution in [2.45, 2.75) is 24.7 Å². The molecule has 0 radical (unpaired) electrons. The highest BCUT2D eigenvalue weighted by Gasteiger charge is 2.20. The van der Waals surface area contributed by atoms with Crippen LogP contribution in [0.5, 0.6) is 11.5 Å². The van der Waals surface area contributed by atoms with E-state index in [-0.39, 0.29) is 5.91 Å². The van der Waals surface area contributed by atoms with Gasteiger partial charge < -0.3 is 14.2 Å². The zero-order valence-electron chi connectivity index (χ0n) is 20.4. The minimum atomic E-state index is 0.108. The first-order chi connectivity index (χ1) is 17.2. The Morgan fingerprint density at radius 3 is 2.69 bits per heavy atom. The van der Waals surface area contributed by atoms with Crippen molar-refractivity contribution in [1.82, 2.24) is 9.88 Å². The van der Waals surface area contributed by atoms with E-state index < -0.39 is 0 Å². The number of anilines is 1. The van der Waals surface area contributed by atoms with Gasteiger partial charge in [0.15, 0.2) is 5.13 Å². The van der Waals surface area contributed by atoms with Gasteiger partial charge in [-0.15, -0.1) is 11.8 Å². The maximum atomic E-state index is 13.4. The van der Waals surface area contributed by atoms with E-state index in [1.54, 1.807) is 30.2 Å². The minimum Gasteiger partial charge on any atom is -0.497 e. The Bertz CT molecular complexity index is 1080. The number of amides is 1. The standard InChI is InChI=1S/C26H33N3O4S2/c1-3-33-21-7-10-23-24(19-21)35-26(27-23)29(13-4-12-28-14-16-32-17-15-28)25(30)11-18-34-22-8-5-20(31-2)6-9-22/h5-10,19H,3-4,11-18H2,1-2H3. The van der Waals surface area contributed by atoms with Crippen molar-refractivity contribution < 1.29 is 19.0 Å². The molecule has 9 heteroatoms. The largest absolute Gasteiger partial charge is 0.497 e. The van der Waals surface area contributed by atoms with Gasteiger partial charge in [-0.3, -0.25) is 14.6 Å². The predicted molar refractivity (Wildman–Crippen MR) is 143 cm³/mol. The molecule has 0 N–H and O–H groups in total. The number of methoxy groups -OCH3 is 1. The number of hydrogen-bond donors (Lipinski definition) is 0. The van der Waals surface area contributed by atoms with Gasteiger partial charge in [0, 0.05) is 43.2 Å². The van der Waals surface area contributed by atoms with Crippen LogP contribution in [0.25, 0.3) is 10.2 Å². The number of aromatic nitrogens is 1. The van der Waals surface area contributed by atoms with Crippen LogP contribution in [0, 0.1) is 0 Å². The van der Waals surface area contributed by atoms with E-state index in [9.17, 15) is 4.79 Å². The smallest absolute Gasteiger partial charge is 0.229 e. The fraction of sp³-hybridized carbons (Fsp3) is 0.462. The molecule has 1 saturated heterocycles. The average Bonchev–Trinajstić information content (AvgIpc) is 3.31. The minimum absolute atomic E-state index is 0.108. The second-order valence-electron chi connectivity index (χ2n) is 8.19. The molecular formula is C26H33N3O4S2. The van der Waals surface area contributed by atoms with E-state index in [1.165, 1.54) is 0 Å². The Hall–Kier alpha value is -2.33. The summed E-state index contributed by atoms with van der Waals surface area (Å²) in [6.45, 7) is 7.67. The van der Waals surface area contributed by atoms with Crippen LogP contribution < -0.4 is 14.4 Å². The van der Waals surface area contributed by atoms with Gasteiger partial charge >= 0.3 is 0 Å². The van der Waals surface area contributed by atoms with Gasteiger partial charge in [-0.05, 0) is 55.8 Å². The topological polar surface area (TPSA) is 64.1 Å². The fourth-order valence-electron chi connectivity index (χ4n) is 3.93. The van der Waals surface area contributed by atoms with Gasteiger partial charge in [0.2, 0.25) is 5.91 Å². The average molecular weight is 516 g/mol. The van der Waals surface area contributed by atoms with Crippen molar-refractivity contribution in [1.29, 1.82) is 0 Å². The molecule has 7 nitrogen and oxygen atoms in total. The Morgan fingerprint density at radius 2 is 1.94 bits per heavy atom. The summed E-state index contributed by atoms with van der Waals surface area (Å²) in [4.78, 5) is 23.6. The quantitative estimate of drug-likeness (QED) is 0.317. The van der Waals surface area contributed by atoms with E-state index in [1.807, 2.05) is 54.3 Å². The normalized spacial score (nSPS) is 14.2. The van der Waals surface area contributed by atoms with Crippen LogP contribution >= 0.6 is 23.1 Å². The number of benzene rings is 2. The number of ether oxygens (including phenoxy) is 3. The van der Waals surface area contributed by atoms with E-state index in [4.69, 9.17) is 19.2 Å². The van der Waals surface area contributed by atoms with Crippen LogP contribution in [0.1, 0.15) is 19.8 Å². The summed E-state index contributed by atoms with van der Waals surface area (Å²) in [6, 6.07) is 13.9. The molecule has 3 aromatic rings. The molecule has 1 aliphatic heterocycles. The molecule has 0 spiro atoms. The lowest BCUT2D eigenvalue weighted by atomic mass is 10.3. The number of carbonyl (C=O) groups is 1. The van der Waals surface area contributed by atoms with Crippen molar-refractivity contribution in [3.05, 3.63) is 42.5 Å². The van der Waals surface area contributed by atoms with Gasteiger partial charge in [0.25, 0.3) is 0 Å². The third-order valence-corrected chi connectivity index (χ3v) is 7.85. The summed E-state index contributed by atoms with van der Waals surface area (Å²) in [5.41, 5.74) is 0.895. The van der Waals surface area contributed by atoms with Crippen molar-refractivity contribution in [2.24, 2.45) is 0 Å². The van der Waals surface area contributed by atoms with Crippen LogP contribution in [0.15, 0.2) is 47.4 Å². The van der Waals surface area contributed by atoms with Crippen LogP contribution in [0.3, 0.4) is 0 Å². The third-order valence-electron chi connectivity index (χ3n) is 5.80. The summed E-state index contributed by atoms with van der Waals surface area (Å²) in [5.74, 6) is 2.48. The van der Waals surface area contributed by atoms with Gasteiger partial charge in [-0.2, -0.15) is 0 Å². The van der Waals surface area contributed by atoms with Crippen molar-refractivity contribution in [3.63, 3.8) is 0 Å². The fourth-order valence-corrected chi connectivity index (χ4v) is 5.81. The molecule has 1 fully saturated rings. The molecule has 1 aromatic heterocycles. The molecule has 188 valence electrons. The molecule has 2 aromatic carbocycles. The number of hydrogen-bond acceptors (Lipinski definition) is 8. The van der Waals surface area contributed by atoms with Crippen molar-refractivity contribution in [2.75, 3.05) is 63.8 Å². The zero-order chi connectivity index (χ0) is 24.5. The van der Waals surface area contributed by atoms with Crippen molar-refractivity contribution >= 4 is 44.4 Å². The highest BCUT2D eigenvalue weighted by molar-refractivity contribution is 7.99. The molecular weight excluding hydrogens is 482 g/mol.